The van der Waals surface area contributed by atoms with Crippen molar-refractivity contribution < 1.29 is 18.3 Å². The van der Waals surface area contributed by atoms with Crippen molar-refractivity contribution in [2.45, 2.75) is 26.5 Å². The summed E-state index contributed by atoms with van der Waals surface area (Å²) >= 11 is 0. The molecule has 1 aliphatic rings. The molecule has 0 amide bonds. The number of rotatable bonds is 9. The molecule has 2 N–H and O–H groups in total. The molecule has 0 saturated carbocycles. The van der Waals surface area contributed by atoms with Crippen LogP contribution in [-0.2, 0) is 6.54 Å². The Balaban J connectivity index is 1.95. The van der Waals surface area contributed by atoms with Gasteiger partial charge < -0.3 is 29.9 Å². The normalized spacial score (nSPS) is 16.6. The minimum absolute atomic E-state index is 0.106. The summed E-state index contributed by atoms with van der Waals surface area (Å²) in [7, 11) is 3.69. The third kappa shape index (κ3) is 8.41. The number of benzene rings is 1. The number of alkyl halides is 2. The molecule has 0 aliphatic carbocycles. The van der Waals surface area contributed by atoms with E-state index >= 15 is 0 Å². The first-order valence-electron chi connectivity index (χ1n) is 10.1. The number of ether oxygens (including phenoxy) is 2. The van der Waals surface area contributed by atoms with Gasteiger partial charge in [-0.2, -0.15) is 8.78 Å². The van der Waals surface area contributed by atoms with Gasteiger partial charge in [0.1, 0.15) is 11.5 Å². The monoisotopic (exact) mass is 413 g/mol. The summed E-state index contributed by atoms with van der Waals surface area (Å²) in [6.45, 7) is 6.06. The van der Waals surface area contributed by atoms with Gasteiger partial charge in [-0.25, -0.2) is 4.99 Å². The first-order valence-corrected chi connectivity index (χ1v) is 10.1. The second kappa shape index (κ2) is 12.4. The molecular formula is C20H33F2N5O2. The van der Waals surface area contributed by atoms with Gasteiger partial charge in [0, 0.05) is 38.3 Å². The molecule has 0 radical (unpaired) electrons. The van der Waals surface area contributed by atoms with Gasteiger partial charge in [-0.05, 0) is 51.7 Å². The topological polar surface area (TPSA) is 61.4 Å². The maximum Gasteiger partial charge on any atom is 0.387 e. The second-order valence-corrected chi connectivity index (χ2v) is 6.97. The minimum atomic E-state index is -2.88. The van der Waals surface area contributed by atoms with Gasteiger partial charge in [-0.15, -0.1) is 0 Å². The zero-order valence-electron chi connectivity index (χ0n) is 17.6. The Morgan fingerprint density at radius 1 is 1.21 bits per heavy atom. The quantitative estimate of drug-likeness (QED) is 0.477. The van der Waals surface area contributed by atoms with Crippen molar-refractivity contribution in [3.8, 4) is 11.5 Å². The lowest BCUT2D eigenvalue weighted by Gasteiger charge is -2.21. The van der Waals surface area contributed by atoms with E-state index in [0.717, 1.165) is 39.3 Å². The van der Waals surface area contributed by atoms with Crippen molar-refractivity contribution in [2.24, 2.45) is 4.99 Å². The number of guanidine groups is 1. The number of nitrogens with one attached hydrogen (secondary N) is 2. The van der Waals surface area contributed by atoms with E-state index < -0.39 is 6.61 Å². The van der Waals surface area contributed by atoms with Crippen LogP contribution in [0, 0.1) is 0 Å². The maximum absolute atomic E-state index is 12.7. The Labute approximate surface area is 172 Å². The van der Waals surface area contributed by atoms with E-state index in [2.05, 4.69) is 37.2 Å². The summed E-state index contributed by atoms with van der Waals surface area (Å²) in [5.41, 5.74) is 0.539. The van der Waals surface area contributed by atoms with Crippen LogP contribution in [0.15, 0.2) is 23.2 Å². The standard InChI is InChI=1S/C20H33F2N5O2/c1-4-23-20(24-8-11-27-10-5-9-26(2)12-13-27)25-15-16-14-17(28-3)6-7-18(16)29-19(21)22/h6-7,14,19H,4-5,8-13,15H2,1-3H3,(H2,23,24,25). The van der Waals surface area contributed by atoms with E-state index in [1.165, 1.54) is 19.6 Å². The van der Waals surface area contributed by atoms with Crippen molar-refractivity contribution in [1.29, 1.82) is 0 Å². The number of aliphatic imine (C=N–C) groups is 1. The van der Waals surface area contributed by atoms with Crippen molar-refractivity contribution in [3.63, 3.8) is 0 Å². The number of halogens is 2. The molecule has 0 bridgehead atoms. The summed E-state index contributed by atoms with van der Waals surface area (Å²) < 4.78 is 35.2. The highest BCUT2D eigenvalue weighted by Crippen LogP contribution is 2.26. The zero-order chi connectivity index (χ0) is 21.1. The molecule has 1 aliphatic heterocycles. The molecule has 1 saturated heterocycles. The number of hydrogen-bond donors (Lipinski definition) is 2. The highest BCUT2D eigenvalue weighted by Gasteiger charge is 2.13. The van der Waals surface area contributed by atoms with Gasteiger partial charge in [0.25, 0.3) is 0 Å². The van der Waals surface area contributed by atoms with E-state index in [4.69, 9.17) is 4.74 Å². The Morgan fingerprint density at radius 2 is 2.03 bits per heavy atom. The van der Waals surface area contributed by atoms with Crippen LogP contribution in [-0.4, -0.2) is 82.3 Å². The third-order valence-electron chi connectivity index (χ3n) is 4.77. The highest BCUT2D eigenvalue weighted by molar-refractivity contribution is 5.79. The molecule has 0 aromatic heterocycles. The van der Waals surface area contributed by atoms with Crippen molar-refractivity contribution in [3.05, 3.63) is 23.8 Å². The van der Waals surface area contributed by atoms with E-state index in [1.807, 2.05) is 6.92 Å². The van der Waals surface area contributed by atoms with Crippen LogP contribution < -0.4 is 20.1 Å². The fraction of sp³-hybridized carbons (Fsp3) is 0.650. The molecule has 1 aromatic rings. The first kappa shape index (κ1) is 23.2. The lowest BCUT2D eigenvalue weighted by Crippen LogP contribution is -2.42. The number of likely N-dealkylation sites (N-methyl/N-ethyl adjacent to an activating group) is 1. The van der Waals surface area contributed by atoms with Gasteiger partial charge in [-0.3, -0.25) is 0 Å². The Kier molecular flexibility index (Phi) is 9.93. The number of methoxy groups -OCH3 is 1. The van der Waals surface area contributed by atoms with Gasteiger partial charge in [0.05, 0.1) is 13.7 Å². The van der Waals surface area contributed by atoms with E-state index in [9.17, 15) is 8.78 Å². The second-order valence-electron chi connectivity index (χ2n) is 6.97. The van der Waals surface area contributed by atoms with Crippen LogP contribution in [0.4, 0.5) is 8.78 Å². The largest absolute Gasteiger partial charge is 0.497 e. The Bertz CT molecular complexity index is 645. The summed E-state index contributed by atoms with van der Waals surface area (Å²) in [5, 5.41) is 6.51. The fourth-order valence-corrected chi connectivity index (χ4v) is 3.18. The average Bonchev–Trinajstić information content (AvgIpc) is 2.90. The maximum atomic E-state index is 12.7. The Hall–Kier alpha value is -2.13. The highest BCUT2D eigenvalue weighted by atomic mass is 19.3. The Morgan fingerprint density at radius 3 is 2.76 bits per heavy atom. The fourth-order valence-electron chi connectivity index (χ4n) is 3.18. The predicted octanol–water partition coefficient (Wildman–Crippen LogP) is 1.99. The van der Waals surface area contributed by atoms with Crippen LogP contribution in [0.5, 0.6) is 11.5 Å². The molecule has 7 nitrogen and oxygen atoms in total. The molecule has 1 fully saturated rings. The van der Waals surface area contributed by atoms with Gasteiger partial charge in [-0.1, -0.05) is 0 Å². The lowest BCUT2D eigenvalue weighted by molar-refractivity contribution is -0.0504. The van der Waals surface area contributed by atoms with Crippen LogP contribution in [0.1, 0.15) is 18.9 Å². The molecule has 1 heterocycles. The molecule has 29 heavy (non-hydrogen) atoms. The third-order valence-corrected chi connectivity index (χ3v) is 4.77. The predicted molar refractivity (Wildman–Crippen MR) is 111 cm³/mol. The van der Waals surface area contributed by atoms with Crippen LogP contribution in [0.25, 0.3) is 0 Å². The molecular weight excluding hydrogens is 380 g/mol. The van der Waals surface area contributed by atoms with Gasteiger partial charge in [0.15, 0.2) is 5.96 Å². The zero-order valence-corrected chi connectivity index (χ0v) is 17.6. The van der Waals surface area contributed by atoms with Crippen LogP contribution in [0.2, 0.25) is 0 Å². The summed E-state index contributed by atoms with van der Waals surface area (Å²) in [5.74, 6) is 1.32. The average molecular weight is 414 g/mol. The molecule has 0 spiro atoms. The summed E-state index contributed by atoms with van der Waals surface area (Å²) in [6, 6.07) is 4.73. The summed E-state index contributed by atoms with van der Waals surface area (Å²) in [4.78, 5) is 9.32. The number of nitrogens with zero attached hydrogens (tertiary/aromatic N) is 3. The number of hydrogen-bond acceptors (Lipinski definition) is 5. The SMILES string of the molecule is CCNC(=NCc1cc(OC)ccc1OC(F)F)NCCN1CCCN(C)CC1. The molecule has 0 atom stereocenters. The van der Waals surface area contributed by atoms with Gasteiger partial charge in [0.2, 0.25) is 0 Å². The molecule has 0 unspecified atom stereocenters. The van der Waals surface area contributed by atoms with Crippen molar-refractivity contribution in [2.75, 3.05) is 60.0 Å². The van der Waals surface area contributed by atoms with Crippen molar-refractivity contribution >= 4 is 5.96 Å². The van der Waals surface area contributed by atoms with Gasteiger partial charge >= 0.3 is 6.61 Å². The van der Waals surface area contributed by atoms with Crippen molar-refractivity contribution in [1.82, 2.24) is 20.4 Å². The minimum Gasteiger partial charge on any atom is -0.497 e. The van der Waals surface area contributed by atoms with Crippen LogP contribution in [0.3, 0.4) is 0 Å². The van der Waals surface area contributed by atoms with E-state index in [-0.39, 0.29) is 12.3 Å². The molecule has 9 heteroatoms. The molecule has 2 rings (SSSR count). The van der Waals surface area contributed by atoms with E-state index in [0.29, 0.717) is 23.8 Å². The molecule has 1 aromatic carbocycles. The smallest absolute Gasteiger partial charge is 0.387 e. The van der Waals surface area contributed by atoms with Crippen LogP contribution >= 0.6 is 0 Å². The summed E-state index contributed by atoms with van der Waals surface area (Å²) in [6.07, 6.45) is 1.17. The lowest BCUT2D eigenvalue weighted by atomic mass is 10.2. The molecule has 164 valence electrons. The van der Waals surface area contributed by atoms with E-state index in [1.54, 1.807) is 12.1 Å². The first-order chi connectivity index (χ1) is 14.0.